The largest absolute Gasteiger partial charge is 0.340 e. The van der Waals surface area contributed by atoms with Crippen LogP contribution in [0.1, 0.15) is 46.4 Å². The van der Waals surface area contributed by atoms with Crippen LogP contribution in [0, 0.1) is 6.92 Å². The van der Waals surface area contributed by atoms with Gasteiger partial charge in [0.1, 0.15) is 0 Å². The number of rotatable bonds is 4. The summed E-state index contributed by atoms with van der Waals surface area (Å²) in [5.74, 6) is 1.99. The summed E-state index contributed by atoms with van der Waals surface area (Å²) in [4.78, 5) is 21.3. The lowest BCUT2D eigenvalue weighted by atomic mass is 9.91. The highest BCUT2D eigenvalue weighted by molar-refractivity contribution is 5.94. The Bertz CT molecular complexity index is 759. The molecule has 4 rings (SSSR count). The summed E-state index contributed by atoms with van der Waals surface area (Å²) in [5.41, 5.74) is 2.11. The summed E-state index contributed by atoms with van der Waals surface area (Å²) in [7, 11) is 0. The minimum Gasteiger partial charge on any atom is -0.340 e. The number of carbonyl (C=O) groups excluding carboxylic acids is 1. The van der Waals surface area contributed by atoms with Gasteiger partial charge in [0.15, 0.2) is 5.82 Å². The molecule has 2 saturated heterocycles. The molecule has 0 radical (unpaired) electrons. The Kier molecular flexibility index (Phi) is 5.50. The summed E-state index contributed by atoms with van der Waals surface area (Å²) >= 11 is 0. The maximum Gasteiger partial charge on any atom is 0.253 e. The van der Waals surface area contributed by atoms with Crippen molar-refractivity contribution < 1.29 is 9.32 Å². The molecule has 2 aliphatic heterocycles. The number of carbonyl (C=O) groups is 1. The zero-order chi connectivity index (χ0) is 18.6. The van der Waals surface area contributed by atoms with Gasteiger partial charge in [0.2, 0.25) is 5.89 Å². The van der Waals surface area contributed by atoms with Crippen molar-refractivity contribution in [1.29, 1.82) is 0 Å². The molecule has 1 aromatic carbocycles. The molecule has 0 spiro atoms. The highest BCUT2D eigenvalue weighted by Crippen LogP contribution is 2.23. The number of benzene rings is 1. The van der Waals surface area contributed by atoms with Crippen molar-refractivity contribution in [3.05, 3.63) is 47.1 Å². The van der Waals surface area contributed by atoms with Gasteiger partial charge in [0, 0.05) is 45.2 Å². The number of nitrogens with one attached hydrogen (secondary N) is 1. The van der Waals surface area contributed by atoms with Gasteiger partial charge in [-0.25, -0.2) is 0 Å². The molecule has 3 heterocycles. The van der Waals surface area contributed by atoms with Gasteiger partial charge in [-0.1, -0.05) is 17.3 Å². The number of aromatic nitrogens is 2. The van der Waals surface area contributed by atoms with Crippen molar-refractivity contribution in [3.8, 4) is 0 Å². The molecular formula is C20H27N5O2. The van der Waals surface area contributed by atoms with Crippen molar-refractivity contribution >= 4 is 5.91 Å². The van der Waals surface area contributed by atoms with E-state index in [1.807, 2.05) is 17.0 Å². The van der Waals surface area contributed by atoms with E-state index < -0.39 is 0 Å². The second kappa shape index (κ2) is 8.19. The lowest BCUT2D eigenvalue weighted by Crippen LogP contribution is -2.48. The fourth-order valence-electron chi connectivity index (χ4n) is 3.93. The molecule has 7 nitrogen and oxygen atoms in total. The van der Waals surface area contributed by atoms with Crippen LogP contribution in [0.15, 0.2) is 28.8 Å². The van der Waals surface area contributed by atoms with Crippen LogP contribution in [0.2, 0.25) is 0 Å². The minimum atomic E-state index is 0.123. The highest BCUT2D eigenvalue weighted by Gasteiger charge is 2.23. The molecule has 7 heteroatoms. The van der Waals surface area contributed by atoms with Crippen LogP contribution in [-0.2, 0) is 6.54 Å². The van der Waals surface area contributed by atoms with Crippen molar-refractivity contribution in [2.45, 2.75) is 32.2 Å². The lowest BCUT2D eigenvalue weighted by molar-refractivity contribution is 0.0624. The van der Waals surface area contributed by atoms with Gasteiger partial charge in [-0.15, -0.1) is 0 Å². The van der Waals surface area contributed by atoms with E-state index in [4.69, 9.17) is 4.52 Å². The molecule has 2 aliphatic rings. The average Bonchev–Trinajstić information content (AvgIpc) is 3.13. The van der Waals surface area contributed by atoms with E-state index in [0.29, 0.717) is 24.2 Å². The van der Waals surface area contributed by atoms with Crippen molar-refractivity contribution in [2.24, 2.45) is 0 Å². The molecule has 1 aromatic heterocycles. The first-order valence-corrected chi connectivity index (χ1v) is 9.80. The lowest BCUT2D eigenvalue weighted by Gasteiger charge is -2.34. The maximum absolute atomic E-state index is 12.8. The molecule has 0 bridgehead atoms. The third-order valence-corrected chi connectivity index (χ3v) is 5.52. The summed E-state index contributed by atoms with van der Waals surface area (Å²) < 4.78 is 5.02. The molecule has 27 heavy (non-hydrogen) atoms. The number of hydrogen-bond donors (Lipinski definition) is 1. The maximum atomic E-state index is 12.8. The second-order valence-corrected chi connectivity index (χ2v) is 7.46. The van der Waals surface area contributed by atoms with E-state index in [1.54, 1.807) is 6.92 Å². The molecule has 0 unspecified atom stereocenters. The predicted octanol–water partition coefficient (Wildman–Crippen LogP) is 1.80. The van der Waals surface area contributed by atoms with Crippen molar-refractivity contribution in [1.82, 2.24) is 25.3 Å². The van der Waals surface area contributed by atoms with Crippen LogP contribution in [0.5, 0.6) is 0 Å². The quantitative estimate of drug-likeness (QED) is 0.886. The van der Waals surface area contributed by atoms with Crippen molar-refractivity contribution in [2.75, 3.05) is 39.3 Å². The van der Waals surface area contributed by atoms with Crippen LogP contribution in [0.4, 0.5) is 0 Å². The van der Waals surface area contributed by atoms with Gasteiger partial charge in [-0.2, -0.15) is 4.98 Å². The fourth-order valence-corrected chi connectivity index (χ4v) is 3.93. The van der Waals surface area contributed by atoms with Gasteiger partial charge >= 0.3 is 0 Å². The zero-order valence-corrected chi connectivity index (χ0v) is 15.9. The first-order chi connectivity index (χ1) is 13.2. The Balaban J connectivity index is 1.31. The Labute approximate surface area is 159 Å². The van der Waals surface area contributed by atoms with Gasteiger partial charge in [0.25, 0.3) is 5.91 Å². The van der Waals surface area contributed by atoms with Crippen LogP contribution < -0.4 is 5.32 Å². The highest BCUT2D eigenvalue weighted by atomic mass is 16.5. The summed E-state index contributed by atoms with van der Waals surface area (Å²) in [6.07, 6.45) is 2.45. The standard InChI is InChI=1S/C20H27N5O2/c1-15-22-19(23-27-15)14-24-9-11-25(12-10-24)20(26)17-6-4-16(5-7-17)18-3-2-8-21-13-18/h4-7,18,21H,2-3,8-14H2,1H3/t18-/m0/s1. The van der Waals surface area contributed by atoms with Crippen LogP contribution in [-0.4, -0.2) is 65.1 Å². The van der Waals surface area contributed by atoms with Gasteiger partial charge in [-0.05, 0) is 43.0 Å². The van der Waals surface area contributed by atoms with Gasteiger partial charge in [0.05, 0.1) is 6.54 Å². The topological polar surface area (TPSA) is 74.5 Å². The second-order valence-electron chi connectivity index (χ2n) is 7.46. The number of hydrogen-bond acceptors (Lipinski definition) is 6. The number of piperidine rings is 1. The average molecular weight is 369 g/mol. The summed E-state index contributed by atoms with van der Waals surface area (Å²) in [6, 6.07) is 8.22. The predicted molar refractivity (Wildman–Crippen MR) is 102 cm³/mol. The molecule has 2 fully saturated rings. The third kappa shape index (κ3) is 4.36. The first-order valence-electron chi connectivity index (χ1n) is 9.80. The Morgan fingerprint density at radius 2 is 2.00 bits per heavy atom. The van der Waals surface area contributed by atoms with Crippen LogP contribution in [0.25, 0.3) is 0 Å². The molecule has 1 N–H and O–H groups in total. The Morgan fingerprint density at radius 3 is 2.63 bits per heavy atom. The smallest absolute Gasteiger partial charge is 0.253 e. The van der Waals surface area contributed by atoms with Crippen LogP contribution >= 0.6 is 0 Å². The normalized spacial score (nSPS) is 21.4. The third-order valence-electron chi connectivity index (χ3n) is 5.52. The van der Waals surface area contributed by atoms with Gasteiger partial charge < -0.3 is 14.7 Å². The van der Waals surface area contributed by atoms with E-state index in [1.165, 1.54) is 18.4 Å². The Hall–Kier alpha value is -2.25. The molecule has 2 aromatic rings. The van der Waals surface area contributed by atoms with Gasteiger partial charge in [-0.3, -0.25) is 9.69 Å². The van der Waals surface area contributed by atoms with E-state index in [2.05, 4.69) is 32.5 Å². The molecular weight excluding hydrogens is 342 g/mol. The first kappa shape index (κ1) is 18.1. The zero-order valence-electron chi connectivity index (χ0n) is 15.9. The number of aryl methyl sites for hydroxylation is 1. The number of piperazine rings is 1. The van der Waals surface area contributed by atoms with E-state index in [0.717, 1.165) is 44.8 Å². The fraction of sp³-hybridized carbons (Fsp3) is 0.550. The molecule has 0 aliphatic carbocycles. The number of amides is 1. The van der Waals surface area contributed by atoms with E-state index >= 15 is 0 Å². The van der Waals surface area contributed by atoms with Crippen molar-refractivity contribution in [3.63, 3.8) is 0 Å². The van der Waals surface area contributed by atoms with Crippen LogP contribution in [0.3, 0.4) is 0 Å². The summed E-state index contributed by atoms with van der Waals surface area (Å²) in [6.45, 7) is 7.72. The monoisotopic (exact) mass is 369 g/mol. The minimum absolute atomic E-state index is 0.123. The number of nitrogens with zero attached hydrogens (tertiary/aromatic N) is 4. The molecule has 1 atom stereocenters. The van der Waals surface area contributed by atoms with E-state index in [9.17, 15) is 4.79 Å². The Morgan fingerprint density at radius 1 is 1.22 bits per heavy atom. The molecule has 0 saturated carbocycles. The molecule has 1 amide bonds. The van der Waals surface area contributed by atoms with E-state index in [-0.39, 0.29) is 5.91 Å². The molecule has 144 valence electrons. The summed E-state index contributed by atoms with van der Waals surface area (Å²) in [5, 5.41) is 7.40. The SMILES string of the molecule is Cc1nc(CN2CCN(C(=O)c3ccc([C@H]4CCCNC4)cc3)CC2)no1.